The number of alkyl halides is 3. The number of hydrogen-bond donors (Lipinski definition) is 3. The maximum absolute atomic E-state index is 14.0. The number of likely N-dealkylation sites (N-methyl/N-ethyl adjacent to an activating group) is 1. The van der Waals surface area contributed by atoms with E-state index in [-0.39, 0.29) is 52.6 Å². The first kappa shape index (κ1) is 65.0. The Labute approximate surface area is 468 Å². The molecular weight excluding hydrogens is 1060 g/mol. The third kappa shape index (κ3) is 15.2. The number of nitriles is 1. The summed E-state index contributed by atoms with van der Waals surface area (Å²) in [4.78, 5) is 84.0. The number of pyridine rings is 2. The molecule has 80 heavy (non-hydrogen) atoms. The van der Waals surface area contributed by atoms with E-state index >= 15 is 0 Å². The maximum Gasteiger partial charge on any atom is 0.417 e. The summed E-state index contributed by atoms with van der Waals surface area (Å²) in [5.41, 5.74) is 3.21. The van der Waals surface area contributed by atoms with Gasteiger partial charge < -0.3 is 49.2 Å². The Morgan fingerprint density at radius 3 is 2.17 bits per heavy atom. The number of carboxylic acid groups (broad SMARTS) is 1. The monoisotopic (exact) mass is 1130 g/mol. The molecule has 2 aliphatic heterocycles. The van der Waals surface area contributed by atoms with Gasteiger partial charge in [0.2, 0.25) is 5.91 Å². The number of rotatable bonds is 19. The van der Waals surface area contributed by atoms with Gasteiger partial charge in [0.25, 0.3) is 17.9 Å². The number of hydrogen-bond acceptors (Lipinski definition) is 15. The van der Waals surface area contributed by atoms with Crippen molar-refractivity contribution in [2.24, 2.45) is 0 Å². The third-order valence-electron chi connectivity index (χ3n) is 13.6. The number of fused-ring (bicyclic) bond motifs is 4. The van der Waals surface area contributed by atoms with E-state index in [0.717, 1.165) is 89.1 Å². The Hall–Kier alpha value is -7.49. The molecule has 3 N–H and O–H groups in total. The minimum absolute atomic E-state index is 0.00300. The van der Waals surface area contributed by atoms with E-state index in [1.54, 1.807) is 10.6 Å². The fourth-order valence-electron chi connectivity index (χ4n) is 9.24. The van der Waals surface area contributed by atoms with E-state index in [0.29, 0.717) is 62.6 Å². The normalized spacial score (nSPS) is 13.0. The van der Waals surface area contributed by atoms with E-state index in [2.05, 4.69) is 27.2 Å². The lowest BCUT2D eigenvalue weighted by molar-refractivity contribution is -0.138. The second-order valence-electron chi connectivity index (χ2n) is 19.2. The van der Waals surface area contributed by atoms with Crippen LogP contribution in [0, 0.1) is 17.1 Å². The first-order valence-corrected chi connectivity index (χ1v) is 26.2. The molecule has 2 amide bonds. The number of ether oxygens (including phenoxy) is 1. The predicted molar refractivity (Wildman–Crippen MR) is 302 cm³/mol. The second-order valence-corrected chi connectivity index (χ2v) is 19.4. The van der Waals surface area contributed by atoms with Gasteiger partial charge in [0, 0.05) is 92.4 Å². The van der Waals surface area contributed by atoms with Crippen molar-refractivity contribution in [3.63, 3.8) is 0 Å². The minimum Gasteiger partial charge on any atom is -0.483 e. The van der Waals surface area contributed by atoms with Crippen molar-refractivity contribution in [2.75, 3.05) is 82.7 Å². The number of carbonyl (C=O) groups is 5. The molecule has 1 saturated heterocycles. The topological polar surface area (TPSA) is 222 Å². The first-order chi connectivity index (χ1) is 38.1. The number of nitrogens with zero attached hydrogens (tertiary/aromatic N) is 8. The van der Waals surface area contributed by atoms with Gasteiger partial charge in [0.15, 0.2) is 12.6 Å². The van der Waals surface area contributed by atoms with E-state index in [1.165, 1.54) is 57.2 Å². The number of amides is 2. The molecule has 2 aliphatic rings. The molecule has 0 aliphatic carbocycles. The van der Waals surface area contributed by atoms with Crippen LogP contribution in [-0.2, 0) is 49.8 Å². The van der Waals surface area contributed by atoms with Gasteiger partial charge in [0.05, 0.1) is 58.3 Å². The molecule has 1 unspecified atom stereocenters. The third-order valence-corrected chi connectivity index (χ3v) is 13.8. The lowest BCUT2D eigenvalue weighted by atomic mass is 9.99. The summed E-state index contributed by atoms with van der Waals surface area (Å²) in [5.74, 6) is -1.23. The van der Waals surface area contributed by atoms with Gasteiger partial charge in [-0.15, -0.1) is 0 Å². The highest BCUT2D eigenvalue weighted by Gasteiger charge is 2.39. The lowest BCUT2D eigenvalue weighted by Crippen LogP contribution is -2.55. The van der Waals surface area contributed by atoms with Crippen LogP contribution in [0.3, 0.4) is 0 Å². The van der Waals surface area contributed by atoms with Gasteiger partial charge in [-0.25, -0.2) is 9.37 Å². The molecule has 1 fully saturated rings. The molecule has 0 spiro atoms. The van der Waals surface area contributed by atoms with Crippen LogP contribution < -0.4 is 25.6 Å². The van der Waals surface area contributed by atoms with Gasteiger partial charge in [0.1, 0.15) is 17.5 Å². The van der Waals surface area contributed by atoms with Crippen molar-refractivity contribution >= 4 is 76.5 Å². The number of thiocarbonyl (C=S) groups is 1. The molecule has 7 rings (SSSR count). The largest absolute Gasteiger partial charge is 0.483 e. The van der Waals surface area contributed by atoms with Crippen molar-refractivity contribution in [2.45, 2.75) is 90.9 Å². The van der Waals surface area contributed by atoms with Crippen LogP contribution >= 0.6 is 12.2 Å². The number of benzene rings is 3. The average Bonchev–Trinajstić information content (AvgIpc) is 4.07. The van der Waals surface area contributed by atoms with Gasteiger partial charge in [-0.2, -0.15) is 18.4 Å². The molecule has 18 nitrogen and oxygen atoms in total. The molecule has 0 radical (unpaired) electrons. The quantitative estimate of drug-likeness (QED) is 0.0305. The van der Waals surface area contributed by atoms with Crippen LogP contribution in [0.15, 0.2) is 65.5 Å². The highest BCUT2D eigenvalue weighted by molar-refractivity contribution is 7.79. The zero-order valence-electron chi connectivity index (χ0n) is 46.4. The van der Waals surface area contributed by atoms with E-state index in [1.807, 2.05) is 46.0 Å². The standard InChI is InChI=1S/C33H44N6O5.C21H17F4N3O2S.C2H6.CH2O2/c1-34-11-7-5-6-8-31(42)38-14-12-37(13-15-38)28-10-9-27-23(25(28)19-36(2)3)16-22-18-39-29(32(22)35-27)17-24(30(41)20-40)26(21-44-4)33(39)43;1-20(2,27(3)15-6-5-14(11-29)18(22)9-15)19(30)28(12-31)16-7-4-13(10-26)17(8-16)21(23,24)25;1-2;2-1-3/h9-10,16-17,20,30,34,41H,5-8,11-15,18-19,21H2,1-4H3;4-9,11-12H,1-3H3;1-2H3;1H,(H,2,3). The van der Waals surface area contributed by atoms with Gasteiger partial charge in [-0.3, -0.25) is 28.9 Å². The van der Waals surface area contributed by atoms with E-state index in [9.17, 15) is 46.6 Å². The number of anilines is 3. The summed E-state index contributed by atoms with van der Waals surface area (Å²) in [6.07, 6.45) is -1.76. The molecule has 1 atom stereocenters. The van der Waals surface area contributed by atoms with Gasteiger partial charge in [-0.05, 0) is 121 Å². The smallest absolute Gasteiger partial charge is 0.417 e. The second kappa shape index (κ2) is 29.6. The molecule has 2 aromatic heterocycles. The Kier molecular flexibility index (Phi) is 24.1. The maximum atomic E-state index is 14.0. The molecule has 0 saturated carbocycles. The number of aromatic nitrogens is 2. The van der Waals surface area contributed by atoms with Crippen LogP contribution in [0.1, 0.15) is 103 Å². The van der Waals surface area contributed by atoms with Crippen LogP contribution in [0.4, 0.5) is 34.6 Å². The number of piperazine rings is 1. The van der Waals surface area contributed by atoms with Crippen molar-refractivity contribution in [1.82, 2.24) is 24.7 Å². The predicted octanol–water partition coefficient (Wildman–Crippen LogP) is 7.75. The van der Waals surface area contributed by atoms with Crippen molar-refractivity contribution in [1.29, 1.82) is 5.26 Å². The van der Waals surface area contributed by atoms with Crippen molar-refractivity contribution in [3.05, 3.63) is 116 Å². The zero-order valence-corrected chi connectivity index (χ0v) is 47.2. The highest BCUT2D eigenvalue weighted by Crippen LogP contribution is 2.39. The summed E-state index contributed by atoms with van der Waals surface area (Å²) in [6.45, 7) is 11.7. The van der Waals surface area contributed by atoms with Crippen LogP contribution in [0.2, 0.25) is 0 Å². The summed E-state index contributed by atoms with van der Waals surface area (Å²) in [7, 11) is 9.02. The van der Waals surface area contributed by atoms with Crippen LogP contribution in [0.5, 0.6) is 0 Å². The minimum atomic E-state index is -4.80. The molecule has 4 heterocycles. The van der Waals surface area contributed by atoms with E-state index < -0.39 is 40.7 Å². The van der Waals surface area contributed by atoms with Crippen molar-refractivity contribution < 1.29 is 56.5 Å². The molecule has 0 bridgehead atoms. The fourth-order valence-corrected chi connectivity index (χ4v) is 9.46. The number of aliphatic hydroxyl groups is 1. The number of halogens is 4. The molecular formula is C57H69F4N9O9S. The van der Waals surface area contributed by atoms with E-state index in [4.69, 9.17) is 37.1 Å². The summed E-state index contributed by atoms with van der Waals surface area (Å²) >= 11 is 4.87. The number of aldehydes is 2. The number of methoxy groups -OCH3 is 1. The van der Waals surface area contributed by atoms with Crippen LogP contribution in [0.25, 0.3) is 22.3 Å². The number of nitrogens with one attached hydrogen (secondary N) is 1. The SMILES string of the molecule is CC.CN(c1ccc(C=O)c(F)c1)C(C)(C)C(=O)N(C=S)c1ccc(C#N)c(C(F)(F)F)c1.CNCCCCCC(=O)N1CCN(c2ccc3nc4c(cc3c2CN(C)C)Cn2c-4cc(C(O)C=O)c(COC)c2=O)CC1.O=CO. The summed E-state index contributed by atoms with van der Waals surface area (Å²) in [6, 6.07) is 16.0. The molecule has 430 valence electrons. The Balaban J connectivity index is 0.000000336. The fraction of sp³-hybridized carbons (Fsp3) is 0.421. The molecule has 23 heteroatoms. The Morgan fingerprint density at radius 1 is 0.950 bits per heavy atom. The Morgan fingerprint density at radius 2 is 1.61 bits per heavy atom. The number of carbonyl (C=O) groups excluding carboxylic acids is 4. The van der Waals surface area contributed by atoms with Crippen molar-refractivity contribution in [3.8, 4) is 17.5 Å². The summed E-state index contributed by atoms with van der Waals surface area (Å²) < 4.78 is 60.8. The molecule has 3 aromatic carbocycles. The number of aliphatic hydroxyl groups excluding tert-OH is 1. The summed E-state index contributed by atoms with van der Waals surface area (Å²) in [5, 5.41) is 30.4. The Bertz CT molecular complexity index is 3120. The van der Waals surface area contributed by atoms with Gasteiger partial charge >= 0.3 is 6.18 Å². The highest BCUT2D eigenvalue weighted by atomic mass is 32.1. The zero-order chi connectivity index (χ0) is 59.6. The molecule has 5 aromatic rings. The number of unbranched alkanes of at least 4 members (excludes halogenated alkanes) is 2. The van der Waals surface area contributed by atoms with Crippen LogP contribution in [-0.4, -0.2) is 139 Å². The lowest BCUT2D eigenvalue weighted by Gasteiger charge is -2.38. The first-order valence-electron chi connectivity index (χ1n) is 25.7. The average molecular weight is 1130 g/mol. The van der Waals surface area contributed by atoms with Gasteiger partial charge in [-0.1, -0.05) is 32.5 Å².